The first-order valence-electron chi connectivity index (χ1n) is 6.23. The lowest BCUT2D eigenvalue weighted by molar-refractivity contribution is -0.137. The minimum Gasteiger partial charge on any atom is -0.388 e. The molecular formula is C14H14BrF3N2O. The number of aliphatic hydroxyl groups excluding tert-OH is 1. The van der Waals surface area contributed by atoms with Crippen LogP contribution < -0.4 is 0 Å². The van der Waals surface area contributed by atoms with Crippen molar-refractivity contribution >= 4 is 15.9 Å². The third-order valence-corrected chi connectivity index (χ3v) is 4.28. The standard InChI is InChI=1S/C14H14BrF3N2O/c1-8-13(15)11(20(2)19-8)7-12(21)9-4-3-5-10(6-9)14(16,17)18/h3-6,12,21H,7H2,1-2H3. The molecule has 0 radical (unpaired) electrons. The second-order valence-electron chi connectivity index (χ2n) is 4.81. The quantitative estimate of drug-likeness (QED) is 0.901. The van der Waals surface area contributed by atoms with Crippen LogP contribution in [0.3, 0.4) is 0 Å². The van der Waals surface area contributed by atoms with E-state index >= 15 is 0 Å². The molecule has 0 spiro atoms. The molecular weight excluding hydrogens is 349 g/mol. The van der Waals surface area contributed by atoms with Crippen LogP contribution in [0.4, 0.5) is 13.2 Å². The number of halogens is 4. The van der Waals surface area contributed by atoms with Crippen molar-refractivity contribution in [2.75, 3.05) is 0 Å². The molecule has 0 bridgehead atoms. The van der Waals surface area contributed by atoms with Crippen molar-refractivity contribution in [1.82, 2.24) is 9.78 Å². The van der Waals surface area contributed by atoms with Crippen LogP contribution in [0.15, 0.2) is 28.7 Å². The molecule has 1 N–H and O–H groups in total. The van der Waals surface area contributed by atoms with Gasteiger partial charge in [0, 0.05) is 13.5 Å². The number of hydrogen-bond donors (Lipinski definition) is 1. The van der Waals surface area contributed by atoms with Gasteiger partial charge < -0.3 is 5.11 Å². The number of aromatic nitrogens is 2. The van der Waals surface area contributed by atoms with E-state index in [0.717, 1.165) is 28.0 Å². The third kappa shape index (κ3) is 3.47. The minimum atomic E-state index is -4.42. The Labute approximate surface area is 128 Å². The van der Waals surface area contributed by atoms with E-state index in [2.05, 4.69) is 21.0 Å². The molecule has 1 unspecified atom stereocenters. The van der Waals surface area contributed by atoms with Crippen LogP contribution >= 0.6 is 15.9 Å². The van der Waals surface area contributed by atoms with Gasteiger partial charge in [0.05, 0.1) is 27.5 Å². The van der Waals surface area contributed by atoms with E-state index in [1.165, 1.54) is 12.1 Å². The van der Waals surface area contributed by atoms with Gasteiger partial charge in [-0.15, -0.1) is 0 Å². The molecule has 1 aromatic heterocycles. The van der Waals surface area contributed by atoms with Gasteiger partial charge in [0.1, 0.15) is 0 Å². The van der Waals surface area contributed by atoms with Crippen LogP contribution in [0.2, 0.25) is 0 Å². The number of alkyl halides is 3. The topological polar surface area (TPSA) is 38.0 Å². The van der Waals surface area contributed by atoms with Crippen molar-refractivity contribution in [3.8, 4) is 0 Å². The first kappa shape index (κ1) is 16.0. The molecule has 1 atom stereocenters. The van der Waals surface area contributed by atoms with Crippen LogP contribution in [-0.4, -0.2) is 14.9 Å². The fraction of sp³-hybridized carbons (Fsp3) is 0.357. The maximum atomic E-state index is 12.7. The number of hydrogen-bond acceptors (Lipinski definition) is 2. The van der Waals surface area contributed by atoms with Crippen LogP contribution in [-0.2, 0) is 19.6 Å². The Balaban J connectivity index is 2.27. The molecule has 114 valence electrons. The van der Waals surface area contributed by atoms with Gasteiger partial charge in [-0.1, -0.05) is 12.1 Å². The smallest absolute Gasteiger partial charge is 0.388 e. The summed E-state index contributed by atoms with van der Waals surface area (Å²) in [6.07, 6.45) is -5.27. The molecule has 0 aliphatic heterocycles. The third-order valence-electron chi connectivity index (χ3n) is 3.25. The van der Waals surface area contributed by atoms with Crippen LogP contribution in [0.25, 0.3) is 0 Å². The number of rotatable bonds is 3. The summed E-state index contributed by atoms with van der Waals surface area (Å²) in [6.45, 7) is 1.81. The summed E-state index contributed by atoms with van der Waals surface area (Å²) >= 11 is 3.37. The van der Waals surface area contributed by atoms with E-state index in [-0.39, 0.29) is 12.0 Å². The van der Waals surface area contributed by atoms with Gasteiger partial charge in [0.25, 0.3) is 0 Å². The molecule has 2 aromatic rings. The maximum absolute atomic E-state index is 12.7. The average molecular weight is 363 g/mol. The monoisotopic (exact) mass is 362 g/mol. The van der Waals surface area contributed by atoms with Crippen molar-refractivity contribution in [2.24, 2.45) is 7.05 Å². The number of benzene rings is 1. The molecule has 2 rings (SSSR count). The van der Waals surface area contributed by atoms with Gasteiger partial charge in [0.2, 0.25) is 0 Å². The number of aryl methyl sites for hydroxylation is 2. The van der Waals surface area contributed by atoms with Crippen LogP contribution in [0.5, 0.6) is 0 Å². The zero-order valence-corrected chi connectivity index (χ0v) is 13.0. The van der Waals surface area contributed by atoms with Crippen molar-refractivity contribution in [3.63, 3.8) is 0 Å². The molecule has 0 aliphatic carbocycles. The zero-order chi connectivity index (χ0) is 15.8. The lowest BCUT2D eigenvalue weighted by atomic mass is 10.0. The minimum absolute atomic E-state index is 0.180. The van der Waals surface area contributed by atoms with Crippen LogP contribution in [0.1, 0.15) is 28.6 Å². The van der Waals surface area contributed by atoms with Crippen LogP contribution in [0, 0.1) is 6.92 Å². The maximum Gasteiger partial charge on any atom is 0.416 e. The first-order valence-corrected chi connectivity index (χ1v) is 7.02. The van der Waals surface area contributed by atoms with Crippen molar-refractivity contribution < 1.29 is 18.3 Å². The first-order chi connectivity index (χ1) is 9.70. The lowest BCUT2D eigenvalue weighted by Gasteiger charge is -2.14. The summed E-state index contributed by atoms with van der Waals surface area (Å²) in [7, 11) is 1.73. The highest BCUT2D eigenvalue weighted by Gasteiger charge is 2.31. The van der Waals surface area contributed by atoms with Gasteiger partial charge in [-0.25, -0.2) is 0 Å². The summed E-state index contributed by atoms with van der Waals surface area (Å²) in [5.74, 6) is 0. The number of nitrogens with zero attached hydrogens (tertiary/aromatic N) is 2. The summed E-state index contributed by atoms with van der Waals surface area (Å²) in [5.41, 5.74) is 0.969. The van der Waals surface area contributed by atoms with Gasteiger partial charge in [0.15, 0.2) is 0 Å². The van der Waals surface area contributed by atoms with E-state index < -0.39 is 17.8 Å². The fourth-order valence-corrected chi connectivity index (χ4v) is 2.62. The summed E-state index contributed by atoms with van der Waals surface area (Å²) < 4.78 is 40.4. The Morgan fingerprint density at radius 1 is 1.38 bits per heavy atom. The largest absolute Gasteiger partial charge is 0.416 e. The van der Waals surface area contributed by atoms with Gasteiger partial charge in [-0.05, 0) is 40.5 Å². The van der Waals surface area contributed by atoms with Crippen molar-refractivity contribution in [1.29, 1.82) is 0 Å². The predicted molar refractivity (Wildman–Crippen MR) is 75.8 cm³/mol. The molecule has 7 heteroatoms. The van der Waals surface area contributed by atoms with E-state index in [4.69, 9.17) is 0 Å². The van der Waals surface area contributed by atoms with E-state index in [9.17, 15) is 18.3 Å². The molecule has 0 fully saturated rings. The average Bonchev–Trinajstić information content (AvgIpc) is 2.64. The molecule has 0 saturated heterocycles. The lowest BCUT2D eigenvalue weighted by Crippen LogP contribution is -2.10. The molecule has 0 aliphatic rings. The Hall–Kier alpha value is -1.34. The highest BCUT2D eigenvalue weighted by atomic mass is 79.9. The molecule has 0 saturated carbocycles. The fourth-order valence-electron chi connectivity index (χ4n) is 2.13. The molecule has 3 nitrogen and oxygen atoms in total. The molecule has 1 aromatic carbocycles. The summed E-state index contributed by atoms with van der Waals surface area (Å²) in [5, 5.41) is 14.4. The van der Waals surface area contributed by atoms with Gasteiger partial charge in [-0.2, -0.15) is 18.3 Å². The molecule has 0 amide bonds. The van der Waals surface area contributed by atoms with Crippen molar-refractivity contribution in [2.45, 2.75) is 25.6 Å². The number of aliphatic hydroxyl groups is 1. The zero-order valence-electron chi connectivity index (χ0n) is 11.4. The Morgan fingerprint density at radius 2 is 2.05 bits per heavy atom. The van der Waals surface area contributed by atoms with Crippen molar-refractivity contribution in [3.05, 3.63) is 51.3 Å². The highest BCUT2D eigenvalue weighted by molar-refractivity contribution is 9.10. The van der Waals surface area contributed by atoms with E-state index in [1.54, 1.807) is 11.7 Å². The summed E-state index contributed by atoms with van der Waals surface area (Å²) in [4.78, 5) is 0. The molecule has 21 heavy (non-hydrogen) atoms. The molecule has 1 heterocycles. The predicted octanol–water partition coefficient (Wildman–Crippen LogP) is 3.79. The summed E-state index contributed by atoms with van der Waals surface area (Å²) in [6, 6.07) is 4.74. The van der Waals surface area contributed by atoms with Gasteiger partial charge >= 0.3 is 6.18 Å². The Morgan fingerprint density at radius 3 is 2.57 bits per heavy atom. The van der Waals surface area contributed by atoms with Gasteiger partial charge in [-0.3, -0.25) is 4.68 Å². The second kappa shape index (κ2) is 5.81. The Bertz CT molecular complexity index is 652. The Kier molecular flexibility index (Phi) is 4.43. The SMILES string of the molecule is Cc1nn(C)c(CC(O)c2cccc(C(F)(F)F)c2)c1Br. The van der Waals surface area contributed by atoms with E-state index in [0.29, 0.717) is 0 Å². The van der Waals surface area contributed by atoms with E-state index in [1.807, 2.05) is 6.92 Å². The normalized spacial score (nSPS) is 13.5. The highest BCUT2D eigenvalue weighted by Crippen LogP contribution is 2.32. The second-order valence-corrected chi connectivity index (χ2v) is 5.61.